The van der Waals surface area contributed by atoms with E-state index in [2.05, 4.69) is 44.7 Å². The molecule has 6 aromatic rings. The van der Waals surface area contributed by atoms with Gasteiger partial charge in [0.2, 0.25) is 0 Å². The molecule has 0 unspecified atom stereocenters. The van der Waals surface area contributed by atoms with Crippen molar-refractivity contribution in [1.82, 2.24) is 30.0 Å². The minimum atomic E-state index is 0.795. The summed E-state index contributed by atoms with van der Waals surface area (Å²) in [5.41, 5.74) is 7.83. The Kier molecular flexibility index (Phi) is 13.0. The Morgan fingerprint density at radius 3 is 1.08 bits per heavy atom. The number of aliphatic hydroxyl groups excluding tert-OH is 2. The summed E-state index contributed by atoms with van der Waals surface area (Å²) in [4.78, 5) is 3.40. The van der Waals surface area contributed by atoms with Crippen molar-refractivity contribution in [2.45, 2.75) is 34.1 Å². The Morgan fingerprint density at radius 1 is 0.462 bits per heavy atom. The number of rotatable bonds is 4. The number of hydrogen-bond acceptors (Lipinski definition) is 6. The summed E-state index contributed by atoms with van der Waals surface area (Å²) >= 11 is 0. The van der Waals surface area contributed by atoms with Gasteiger partial charge in [0, 0.05) is 14.2 Å². The molecule has 39 heavy (non-hydrogen) atoms. The average Bonchev–Trinajstić information content (AvgIpc) is 3.67. The zero-order valence-electron chi connectivity index (χ0n) is 23.5. The molecule has 0 amide bonds. The molecule has 0 bridgehead atoms. The van der Waals surface area contributed by atoms with Crippen LogP contribution in [0.3, 0.4) is 0 Å². The molecule has 0 fully saturated rings. The number of nitrogens with zero attached hydrogens (tertiary/aromatic N) is 6. The lowest BCUT2D eigenvalue weighted by molar-refractivity contribution is 0.399. The summed E-state index contributed by atoms with van der Waals surface area (Å²) in [6.45, 7) is 8.00. The van der Waals surface area contributed by atoms with Gasteiger partial charge in [-0.25, -0.2) is 0 Å². The summed E-state index contributed by atoms with van der Waals surface area (Å²) in [7, 11) is 2.00. The van der Waals surface area contributed by atoms with Gasteiger partial charge in [0.1, 0.15) is 22.1 Å². The predicted octanol–water partition coefficient (Wildman–Crippen LogP) is 6.01. The molecule has 8 heteroatoms. The maximum Gasteiger partial charge on any atom is 0.113 e. The second-order valence-corrected chi connectivity index (χ2v) is 7.47. The van der Waals surface area contributed by atoms with Crippen molar-refractivity contribution in [1.29, 1.82) is 0 Å². The van der Waals surface area contributed by atoms with Gasteiger partial charge in [-0.05, 0) is 66.1 Å². The monoisotopic (exact) mass is 526 g/mol. The smallest absolute Gasteiger partial charge is 0.113 e. The van der Waals surface area contributed by atoms with Gasteiger partial charge in [0.25, 0.3) is 0 Å². The molecule has 2 heterocycles. The lowest BCUT2D eigenvalue weighted by Gasteiger charge is -2.07. The number of aromatic nitrogens is 6. The molecule has 2 aromatic heterocycles. The molecule has 0 aliphatic rings. The van der Waals surface area contributed by atoms with Gasteiger partial charge in [0.05, 0.1) is 11.4 Å². The van der Waals surface area contributed by atoms with Crippen molar-refractivity contribution in [3.63, 3.8) is 0 Å². The van der Waals surface area contributed by atoms with Crippen LogP contribution in [0.4, 0.5) is 0 Å². The Hall–Kier alpha value is -4.40. The second-order valence-electron chi connectivity index (χ2n) is 7.47. The summed E-state index contributed by atoms with van der Waals surface area (Å²) in [6, 6.07) is 32.4. The second kappa shape index (κ2) is 16.4. The van der Waals surface area contributed by atoms with Gasteiger partial charge >= 0.3 is 0 Å². The molecule has 4 aromatic carbocycles. The quantitative estimate of drug-likeness (QED) is 0.291. The van der Waals surface area contributed by atoms with Crippen molar-refractivity contribution >= 4 is 22.1 Å². The highest BCUT2D eigenvalue weighted by Crippen LogP contribution is 2.18. The lowest BCUT2D eigenvalue weighted by atomic mass is 10.0. The zero-order valence-corrected chi connectivity index (χ0v) is 23.5. The first-order valence-corrected chi connectivity index (χ1v) is 13.0. The van der Waals surface area contributed by atoms with E-state index in [1.54, 1.807) is 9.59 Å². The molecule has 6 rings (SSSR count). The van der Waals surface area contributed by atoms with E-state index in [4.69, 9.17) is 10.2 Å². The highest BCUT2D eigenvalue weighted by Gasteiger charge is 2.07. The lowest BCUT2D eigenvalue weighted by Crippen LogP contribution is -2.01. The minimum Gasteiger partial charge on any atom is -0.400 e. The van der Waals surface area contributed by atoms with Crippen molar-refractivity contribution in [3.05, 3.63) is 108 Å². The summed E-state index contributed by atoms with van der Waals surface area (Å²) in [5, 5.41) is 32.4. The fourth-order valence-corrected chi connectivity index (χ4v) is 3.77. The van der Waals surface area contributed by atoms with Gasteiger partial charge < -0.3 is 10.2 Å². The topological polar surface area (TPSA) is 102 Å². The molecular formula is C31H38N6O2. The normalized spacial score (nSPS) is 9.64. The van der Waals surface area contributed by atoms with Crippen molar-refractivity contribution in [2.75, 3.05) is 14.2 Å². The first-order valence-electron chi connectivity index (χ1n) is 13.0. The SMILES string of the molecule is CC.CC.CO.CO.c1cc(Cc2cccc(-n3nc4ccccc4n3)c2)cc(-n2nc3ccccc3n2)c1. The molecule has 0 aliphatic carbocycles. The molecule has 0 aliphatic heterocycles. The van der Waals surface area contributed by atoms with Crippen LogP contribution in [0.25, 0.3) is 33.4 Å². The number of fused-ring (bicyclic) bond motifs is 2. The third-order valence-corrected chi connectivity index (χ3v) is 5.26. The molecule has 0 radical (unpaired) electrons. The highest BCUT2D eigenvalue weighted by atomic mass is 16.2. The summed E-state index contributed by atoms with van der Waals surface area (Å²) in [5.74, 6) is 0. The standard InChI is InChI=1S/C25H18N6.2C2H6.2CH4O/c1-2-12-23-22(11-1)26-30(27-23)20-9-5-7-18(16-20)15-19-8-6-10-21(17-19)31-28-24-13-3-4-14-25(24)29-31;4*1-2/h1-14,16-17H,15H2;2*1-2H3;2*2H,1H3. The van der Waals surface area contributed by atoms with E-state index >= 15 is 0 Å². The van der Waals surface area contributed by atoms with Crippen LogP contribution in [0.1, 0.15) is 38.8 Å². The van der Waals surface area contributed by atoms with Crippen molar-refractivity contribution in [2.24, 2.45) is 0 Å². The van der Waals surface area contributed by atoms with E-state index in [1.165, 1.54) is 11.1 Å². The van der Waals surface area contributed by atoms with Gasteiger partial charge in [-0.15, -0.1) is 20.4 Å². The fraction of sp³-hybridized carbons (Fsp3) is 0.226. The van der Waals surface area contributed by atoms with Crippen LogP contribution in [0.2, 0.25) is 0 Å². The van der Waals surface area contributed by atoms with Crippen LogP contribution in [-0.2, 0) is 6.42 Å². The molecule has 204 valence electrons. The number of benzene rings is 4. The Labute approximate surface area is 230 Å². The molecule has 2 N–H and O–H groups in total. The van der Waals surface area contributed by atoms with E-state index in [0.29, 0.717) is 0 Å². The van der Waals surface area contributed by atoms with E-state index in [9.17, 15) is 0 Å². The van der Waals surface area contributed by atoms with Crippen LogP contribution in [-0.4, -0.2) is 54.4 Å². The van der Waals surface area contributed by atoms with Gasteiger partial charge in [-0.1, -0.05) is 76.2 Å². The number of hydrogen-bond donors (Lipinski definition) is 2. The van der Waals surface area contributed by atoms with E-state index in [0.717, 1.165) is 54.1 Å². The van der Waals surface area contributed by atoms with Gasteiger partial charge in [-0.2, -0.15) is 9.59 Å². The Morgan fingerprint density at radius 2 is 0.769 bits per heavy atom. The predicted molar refractivity (Wildman–Crippen MR) is 160 cm³/mol. The Bertz CT molecular complexity index is 1360. The highest BCUT2D eigenvalue weighted by molar-refractivity contribution is 5.74. The van der Waals surface area contributed by atoms with Crippen molar-refractivity contribution in [3.8, 4) is 11.4 Å². The Balaban J connectivity index is 0.000000614. The third kappa shape index (κ3) is 7.80. The van der Waals surface area contributed by atoms with Crippen LogP contribution in [0.5, 0.6) is 0 Å². The maximum atomic E-state index is 7.00. The van der Waals surface area contributed by atoms with E-state index in [-0.39, 0.29) is 0 Å². The molecule has 0 saturated carbocycles. The minimum absolute atomic E-state index is 0.795. The van der Waals surface area contributed by atoms with Crippen molar-refractivity contribution < 1.29 is 10.2 Å². The van der Waals surface area contributed by atoms with Crippen LogP contribution in [0, 0.1) is 0 Å². The van der Waals surface area contributed by atoms with Gasteiger partial charge in [-0.3, -0.25) is 0 Å². The molecule has 0 spiro atoms. The molecule has 8 nitrogen and oxygen atoms in total. The summed E-state index contributed by atoms with van der Waals surface area (Å²) in [6.07, 6.45) is 0.795. The molecule has 0 atom stereocenters. The van der Waals surface area contributed by atoms with Crippen LogP contribution >= 0.6 is 0 Å². The summed E-state index contributed by atoms with van der Waals surface area (Å²) < 4.78 is 0. The maximum absolute atomic E-state index is 7.00. The van der Waals surface area contributed by atoms with E-state index < -0.39 is 0 Å². The third-order valence-electron chi connectivity index (χ3n) is 5.26. The van der Waals surface area contributed by atoms with E-state index in [1.807, 2.05) is 100 Å². The average molecular weight is 527 g/mol. The number of aliphatic hydroxyl groups is 2. The fourth-order valence-electron chi connectivity index (χ4n) is 3.77. The van der Waals surface area contributed by atoms with Crippen LogP contribution in [0.15, 0.2) is 97.1 Å². The first kappa shape index (κ1) is 30.8. The zero-order chi connectivity index (χ0) is 28.6. The first-order chi connectivity index (χ1) is 19.3. The van der Waals surface area contributed by atoms with Crippen LogP contribution < -0.4 is 0 Å². The largest absolute Gasteiger partial charge is 0.400 e. The molecule has 0 saturated heterocycles. The van der Waals surface area contributed by atoms with Gasteiger partial charge in [0.15, 0.2) is 0 Å². The molecular weight excluding hydrogens is 488 g/mol.